The van der Waals surface area contributed by atoms with Crippen LogP contribution >= 0.6 is 0 Å². The van der Waals surface area contributed by atoms with Crippen LogP contribution < -0.4 is 5.32 Å². The number of nitrogens with zero attached hydrogens (tertiary/aromatic N) is 4. The fourth-order valence-electron chi connectivity index (χ4n) is 4.13. The van der Waals surface area contributed by atoms with Crippen molar-refractivity contribution < 1.29 is 0 Å². The van der Waals surface area contributed by atoms with Gasteiger partial charge in [0, 0.05) is 59.4 Å². The van der Waals surface area contributed by atoms with Crippen LogP contribution in [0, 0.1) is 5.92 Å². The number of nitrogens with one attached hydrogen (secondary N) is 1. The van der Waals surface area contributed by atoms with Crippen molar-refractivity contribution in [2.24, 2.45) is 10.9 Å². The molecule has 2 fully saturated rings. The lowest BCUT2D eigenvalue weighted by molar-refractivity contribution is 0.139. The molecule has 5 heteroatoms. The third kappa shape index (κ3) is 5.45. The van der Waals surface area contributed by atoms with E-state index in [1.165, 1.54) is 51.1 Å². The predicted octanol–water partition coefficient (Wildman–Crippen LogP) is 1.76. The lowest BCUT2D eigenvalue weighted by Gasteiger charge is -2.34. The third-order valence-corrected chi connectivity index (χ3v) is 5.79. The van der Waals surface area contributed by atoms with Crippen LogP contribution in [0.3, 0.4) is 0 Å². The Hall–Kier alpha value is -1.59. The van der Waals surface area contributed by atoms with Crippen molar-refractivity contribution in [3.63, 3.8) is 0 Å². The maximum atomic E-state index is 4.52. The minimum atomic E-state index is 0.734. The number of rotatable bonds is 6. The van der Waals surface area contributed by atoms with Crippen molar-refractivity contribution in [3.8, 4) is 0 Å². The topological polar surface area (TPSA) is 34.1 Å². The molecule has 1 aromatic carbocycles. The van der Waals surface area contributed by atoms with Gasteiger partial charge in [-0.05, 0) is 30.9 Å². The van der Waals surface area contributed by atoms with Crippen LogP contribution in [0.25, 0.3) is 0 Å². The summed E-state index contributed by atoms with van der Waals surface area (Å²) in [6.45, 7) is 12.6. The maximum absolute atomic E-state index is 4.52. The van der Waals surface area contributed by atoms with E-state index in [2.05, 4.69) is 62.3 Å². The summed E-state index contributed by atoms with van der Waals surface area (Å²) in [6, 6.07) is 10.9. The first-order valence-corrected chi connectivity index (χ1v) is 10.2. The summed E-state index contributed by atoms with van der Waals surface area (Å²) >= 11 is 0. The second-order valence-electron chi connectivity index (χ2n) is 7.54. The number of hydrogen-bond acceptors (Lipinski definition) is 3. The molecule has 0 saturated carbocycles. The van der Waals surface area contributed by atoms with Gasteiger partial charge in [-0.2, -0.15) is 0 Å². The van der Waals surface area contributed by atoms with Gasteiger partial charge in [0.2, 0.25) is 0 Å². The number of likely N-dealkylation sites (N-methyl/N-ethyl adjacent to an activating group) is 1. The van der Waals surface area contributed by atoms with Crippen LogP contribution in [0.15, 0.2) is 35.3 Å². The van der Waals surface area contributed by atoms with Gasteiger partial charge in [0.25, 0.3) is 0 Å². The zero-order valence-electron chi connectivity index (χ0n) is 16.5. The van der Waals surface area contributed by atoms with Gasteiger partial charge in [0.1, 0.15) is 0 Å². The highest BCUT2D eigenvalue weighted by atomic mass is 15.3. The molecule has 0 spiro atoms. The molecular weight excluding hydrogens is 322 g/mol. The molecule has 1 aromatic rings. The van der Waals surface area contributed by atoms with E-state index in [1.54, 1.807) is 0 Å². The first-order valence-electron chi connectivity index (χ1n) is 10.2. The zero-order chi connectivity index (χ0) is 18.2. The smallest absolute Gasteiger partial charge is 0.193 e. The summed E-state index contributed by atoms with van der Waals surface area (Å²) < 4.78 is 0. The number of guanidine groups is 1. The van der Waals surface area contributed by atoms with E-state index in [9.17, 15) is 0 Å². The Morgan fingerprint density at radius 2 is 1.81 bits per heavy atom. The molecule has 1 atom stereocenters. The summed E-state index contributed by atoms with van der Waals surface area (Å²) in [6.07, 6.45) is 2.44. The fraction of sp³-hybridized carbons (Fsp3) is 0.667. The van der Waals surface area contributed by atoms with E-state index in [-0.39, 0.29) is 0 Å². The van der Waals surface area contributed by atoms with Gasteiger partial charge < -0.3 is 15.1 Å². The third-order valence-electron chi connectivity index (χ3n) is 5.79. The SMILES string of the molecule is CCN1CCN(CCNC(=NC)N2CCC(Cc3ccccc3)C2)CC1. The molecule has 144 valence electrons. The number of aliphatic imine (C=N–C) groups is 1. The monoisotopic (exact) mass is 357 g/mol. The predicted molar refractivity (Wildman–Crippen MR) is 110 cm³/mol. The molecule has 0 radical (unpaired) electrons. The zero-order valence-corrected chi connectivity index (χ0v) is 16.5. The van der Waals surface area contributed by atoms with Crippen molar-refractivity contribution in [2.45, 2.75) is 19.8 Å². The van der Waals surface area contributed by atoms with Crippen molar-refractivity contribution in [3.05, 3.63) is 35.9 Å². The van der Waals surface area contributed by atoms with E-state index in [1.807, 2.05) is 7.05 Å². The van der Waals surface area contributed by atoms with Crippen molar-refractivity contribution in [1.82, 2.24) is 20.0 Å². The molecular formula is C21H35N5. The molecule has 0 bridgehead atoms. The molecule has 3 rings (SSSR count). The van der Waals surface area contributed by atoms with Crippen LogP contribution in [0.4, 0.5) is 0 Å². The van der Waals surface area contributed by atoms with E-state index in [0.29, 0.717) is 0 Å². The molecule has 0 amide bonds. The Labute approximate surface area is 159 Å². The molecule has 0 aliphatic carbocycles. The number of hydrogen-bond donors (Lipinski definition) is 1. The molecule has 2 aliphatic rings. The van der Waals surface area contributed by atoms with Gasteiger partial charge in [-0.15, -0.1) is 0 Å². The van der Waals surface area contributed by atoms with Crippen LogP contribution in [0.1, 0.15) is 18.9 Å². The van der Waals surface area contributed by atoms with Crippen LogP contribution in [0.2, 0.25) is 0 Å². The Bertz CT molecular complexity index is 551. The lowest BCUT2D eigenvalue weighted by atomic mass is 9.99. The minimum absolute atomic E-state index is 0.734. The van der Waals surface area contributed by atoms with Crippen molar-refractivity contribution in [1.29, 1.82) is 0 Å². The normalized spacial score (nSPS) is 22.8. The average molecular weight is 358 g/mol. The Morgan fingerprint density at radius 1 is 1.08 bits per heavy atom. The molecule has 1 N–H and O–H groups in total. The van der Waals surface area contributed by atoms with E-state index in [4.69, 9.17) is 0 Å². The summed E-state index contributed by atoms with van der Waals surface area (Å²) in [4.78, 5) is 12.0. The summed E-state index contributed by atoms with van der Waals surface area (Å²) in [5, 5.41) is 3.59. The van der Waals surface area contributed by atoms with Gasteiger partial charge in [0.15, 0.2) is 5.96 Å². The standard InChI is InChI=1S/C21H35N5/c1-3-24-13-15-25(16-14-24)12-10-23-21(22-2)26-11-9-20(18-26)17-19-7-5-4-6-8-19/h4-8,20H,3,9-18H2,1-2H3,(H,22,23). The highest BCUT2D eigenvalue weighted by molar-refractivity contribution is 5.80. The highest BCUT2D eigenvalue weighted by Crippen LogP contribution is 2.20. The van der Waals surface area contributed by atoms with Crippen LogP contribution in [-0.4, -0.2) is 86.6 Å². The summed E-state index contributed by atoms with van der Waals surface area (Å²) in [5.74, 6) is 1.81. The quantitative estimate of drug-likeness (QED) is 0.621. The van der Waals surface area contributed by atoms with Gasteiger partial charge in [0.05, 0.1) is 0 Å². The first kappa shape index (κ1) is 19.2. The number of likely N-dealkylation sites (tertiary alicyclic amines) is 1. The maximum Gasteiger partial charge on any atom is 0.193 e. The second-order valence-corrected chi connectivity index (χ2v) is 7.54. The fourth-order valence-corrected chi connectivity index (χ4v) is 4.13. The van der Waals surface area contributed by atoms with E-state index >= 15 is 0 Å². The molecule has 1 unspecified atom stereocenters. The Kier molecular flexibility index (Phi) is 7.32. The Balaban J connectivity index is 1.38. The summed E-state index contributed by atoms with van der Waals surface area (Å²) in [7, 11) is 1.91. The molecule has 2 saturated heterocycles. The average Bonchev–Trinajstić information content (AvgIpc) is 3.15. The second kappa shape index (κ2) is 9.93. The largest absolute Gasteiger partial charge is 0.355 e. The van der Waals surface area contributed by atoms with E-state index in [0.717, 1.165) is 38.1 Å². The number of benzene rings is 1. The first-order chi connectivity index (χ1) is 12.8. The van der Waals surface area contributed by atoms with Gasteiger partial charge in [-0.25, -0.2) is 0 Å². The van der Waals surface area contributed by atoms with Crippen LogP contribution in [-0.2, 0) is 6.42 Å². The molecule has 5 nitrogen and oxygen atoms in total. The Morgan fingerprint density at radius 3 is 2.50 bits per heavy atom. The summed E-state index contributed by atoms with van der Waals surface area (Å²) in [5.41, 5.74) is 1.45. The van der Waals surface area contributed by atoms with Gasteiger partial charge in [-0.3, -0.25) is 9.89 Å². The number of piperazine rings is 1. The lowest BCUT2D eigenvalue weighted by Crippen LogP contribution is -2.49. The molecule has 0 aromatic heterocycles. The molecule has 26 heavy (non-hydrogen) atoms. The van der Waals surface area contributed by atoms with E-state index < -0.39 is 0 Å². The highest BCUT2D eigenvalue weighted by Gasteiger charge is 2.25. The molecule has 2 heterocycles. The van der Waals surface area contributed by atoms with Crippen LogP contribution in [0.5, 0.6) is 0 Å². The van der Waals surface area contributed by atoms with Crippen molar-refractivity contribution in [2.75, 3.05) is 66.0 Å². The molecule has 2 aliphatic heterocycles. The van der Waals surface area contributed by atoms with Gasteiger partial charge >= 0.3 is 0 Å². The van der Waals surface area contributed by atoms with Gasteiger partial charge in [-0.1, -0.05) is 37.3 Å². The van der Waals surface area contributed by atoms with Crippen molar-refractivity contribution >= 4 is 5.96 Å². The minimum Gasteiger partial charge on any atom is -0.355 e.